The number of hydrogen-bond donors (Lipinski definition) is 1. The molecule has 0 aliphatic carbocycles. The van der Waals surface area contributed by atoms with Crippen LogP contribution in [-0.4, -0.2) is 24.7 Å². The Morgan fingerprint density at radius 3 is 2.59 bits per heavy atom. The summed E-state index contributed by atoms with van der Waals surface area (Å²) in [6.45, 7) is 4.54. The lowest BCUT2D eigenvalue weighted by Crippen LogP contribution is -2.07. The number of aromatic nitrogens is 5. The molecule has 3 heterocycles. The number of fused-ring (bicyclic) bond motifs is 2. The average Bonchev–Trinajstić information content (AvgIpc) is 3.04. The molecule has 0 radical (unpaired) electrons. The molecule has 0 amide bonds. The van der Waals surface area contributed by atoms with Crippen LogP contribution in [0.3, 0.4) is 0 Å². The third-order valence-electron chi connectivity index (χ3n) is 5.27. The Hall–Kier alpha value is -3.80. The molecule has 0 bridgehead atoms. The Balaban J connectivity index is 1.74. The van der Waals surface area contributed by atoms with Gasteiger partial charge in [-0.2, -0.15) is 5.10 Å². The van der Waals surface area contributed by atoms with E-state index in [0.717, 1.165) is 38.9 Å². The summed E-state index contributed by atoms with van der Waals surface area (Å²) in [5, 5.41) is 6.59. The molecular weight excluding hydrogens is 360 g/mol. The molecule has 0 saturated carbocycles. The zero-order chi connectivity index (χ0) is 20.0. The minimum absolute atomic E-state index is 0.448. The van der Waals surface area contributed by atoms with Crippen molar-refractivity contribution in [2.75, 3.05) is 5.73 Å². The summed E-state index contributed by atoms with van der Waals surface area (Å²) in [6, 6.07) is 18.8. The van der Waals surface area contributed by atoms with Crippen molar-refractivity contribution in [2.24, 2.45) is 0 Å². The van der Waals surface area contributed by atoms with E-state index in [1.807, 2.05) is 29.8 Å². The Bertz CT molecular complexity index is 1370. The molecule has 0 fully saturated rings. The quantitative estimate of drug-likeness (QED) is 0.505. The van der Waals surface area contributed by atoms with Gasteiger partial charge < -0.3 is 5.73 Å². The number of nitrogens with zero attached hydrogens (tertiary/aromatic N) is 5. The number of hydrogen-bond acceptors (Lipinski definition) is 5. The van der Waals surface area contributed by atoms with Crippen molar-refractivity contribution < 1.29 is 0 Å². The fourth-order valence-corrected chi connectivity index (χ4v) is 3.85. The highest BCUT2D eigenvalue weighted by molar-refractivity contribution is 5.88. The number of anilines is 1. The van der Waals surface area contributed by atoms with Gasteiger partial charge in [-0.1, -0.05) is 42.5 Å². The maximum Gasteiger partial charge on any atom is 0.163 e. The van der Waals surface area contributed by atoms with Gasteiger partial charge in [-0.15, -0.1) is 0 Å². The molecule has 0 aliphatic rings. The first-order chi connectivity index (χ1) is 14.1. The molecule has 0 atom stereocenters. The highest BCUT2D eigenvalue weighted by Gasteiger charge is 2.16. The summed E-state index contributed by atoms with van der Waals surface area (Å²) in [4.78, 5) is 13.5. The van der Waals surface area contributed by atoms with Gasteiger partial charge >= 0.3 is 0 Å². The van der Waals surface area contributed by atoms with Gasteiger partial charge in [-0.25, -0.2) is 14.6 Å². The highest BCUT2D eigenvalue weighted by Crippen LogP contribution is 2.30. The van der Waals surface area contributed by atoms with E-state index in [9.17, 15) is 0 Å². The number of benzene rings is 2. The lowest BCUT2D eigenvalue weighted by atomic mass is 9.97. The number of nitrogen functional groups attached to an aromatic ring is 1. The average molecular weight is 380 g/mol. The van der Waals surface area contributed by atoms with Crippen molar-refractivity contribution in [1.82, 2.24) is 24.7 Å². The number of nitrogens with two attached hydrogens (primary N) is 1. The molecule has 142 valence electrons. The number of para-hydroxylation sites is 1. The van der Waals surface area contributed by atoms with Gasteiger partial charge in [0.05, 0.1) is 28.8 Å². The Labute approximate surface area is 168 Å². The van der Waals surface area contributed by atoms with Crippen molar-refractivity contribution in [3.63, 3.8) is 0 Å². The normalized spacial score (nSPS) is 11.4. The predicted octanol–water partition coefficient (Wildman–Crippen LogP) is 4.29. The Kier molecular flexibility index (Phi) is 3.98. The van der Waals surface area contributed by atoms with Gasteiger partial charge in [0.1, 0.15) is 12.1 Å². The van der Waals surface area contributed by atoms with Crippen molar-refractivity contribution >= 4 is 27.8 Å². The van der Waals surface area contributed by atoms with Crippen LogP contribution in [0.4, 0.5) is 5.82 Å². The third kappa shape index (κ3) is 2.89. The zero-order valence-corrected chi connectivity index (χ0v) is 16.3. The Morgan fingerprint density at radius 2 is 1.72 bits per heavy atom. The van der Waals surface area contributed by atoms with E-state index in [0.29, 0.717) is 12.4 Å². The highest BCUT2D eigenvalue weighted by atomic mass is 15.3. The van der Waals surface area contributed by atoms with E-state index in [2.05, 4.69) is 58.4 Å². The van der Waals surface area contributed by atoms with Crippen molar-refractivity contribution in [1.29, 1.82) is 0 Å². The molecule has 5 aromatic rings. The van der Waals surface area contributed by atoms with Crippen molar-refractivity contribution in [2.45, 2.75) is 20.4 Å². The molecule has 0 aliphatic heterocycles. The third-order valence-corrected chi connectivity index (χ3v) is 5.27. The lowest BCUT2D eigenvalue weighted by molar-refractivity contribution is 0.684. The SMILES string of the molecule is Cc1ccccc1-c1cc2ccccc2nc1Cn1nc(C)c2c(N)ncnc21. The summed E-state index contributed by atoms with van der Waals surface area (Å²) in [5.41, 5.74) is 13.0. The number of rotatable bonds is 3. The van der Waals surface area contributed by atoms with Crippen LogP contribution >= 0.6 is 0 Å². The fraction of sp³-hybridized carbons (Fsp3) is 0.130. The topological polar surface area (TPSA) is 82.5 Å². The van der Waals surface area contributed by atoms with Gasteiger partial charge in [0.25, 0.3) is 0 Å². The summed E-state index contributed by atoms with van der Waals surface area (Å²) in [6.07, 6.45) is 1.48. The number of aryl methyl sites for hydroxylation is 2. The van der Waals surface area contributed by atoms with Crippen molar-refractivity contribution in [3.05, 3.63) is 77.9 Å². The maximum absolute atomic E-state index is 6.06. The van der Waals surface area contributed by atoms with Crippen LogP contribution in [0.25, 0.3) is 33.1 Å². The van der Waals surface area contributed by atoms with E-state index in [4.69, 9.17) is 10.7 Å². The van der Waals surface area contributed by atoms with Crippen LogP contribution in [0.2, 0.25) is 0 Å². The van der Waals surface area contributed by atoms with Crippen LogP contribution in [0.1, 0.15) is 17.0 Å². The summed E-state index contributed by atoms with van der Waals surface area (Å²) in [5.74, 6) is 0.448. The van der Waals surface area contributed by atoms with E-state index < -0.39 is 0 Å². The standard InChI is InChI=1S/C23H20N6/c1-14-7-3-5-9-17(14)18-11-16-8-4-6-10-19(16)27-20(18)12-29-23-21(15(2)28-29)22(24)25-13-26-23/h3-11,13H,12H2,1-2H3,(H2,24,25,26). The molecule has 5 rings (SSSR count). The summed E-state index contributed by atoms with van der Waals surface area (Å²) >= 11 is 0. The second-order valence-corrected chi connectivity index (χ2v) is 7.19. The number of pyridine rings is 1. The van der Waals surface area contributed by atoms with Crippen LogP contribution < -0.4 is 5.73 Å². The summed E-state index contributed by atoms with van der Waals surface area (Å²) in [7, 11) is 0. The fourth-order valence-electron chi connectivity index (χ4n) is 3.85. The smallest absolute Gasteiger partial charge is 0.163 e. The van der Waals surface area contributed by atoms with Crippen LogP contribution in [-0.2, 0) is 6.54 Å². The molecule has 2 aromatic carbocycles. The van der Waals surface area contributed by atoms with Gasteiger partial charge in [0.15, 0.2) is 5.65 Å². The summed E-state index contributed by atoms with van der Waals surface area (Å²) < 4.78 is 1.86. The molecule has 0 saturated heterocycles. The predicted molar refractivity (Wildman–Crippen MR) is 115 cm³/mol. The first-order valence-electron chi connectivity index (χ1n) is 9.50. The van der Waals surface area contributed by atoms with E-state index in [-0.39, 0.29) is 0 Å². The molecule has 6 nitrogen and oxygen atoms in total. The molecule has 3 aromatic heterocycles. The molecule has 0 unspecified atom stereocenters. The molecule has 0 spiro atoms. The maximum atomic E-state index is 6.06. The first-order valence-corrected chi connectivity index (χ1v) is 9.50. The second-order valence-electron chi connectivity index (χ2n) is 7.19. The van der Waals surface area contributed by atoms with Gasteiger partial charge in [0.2, 0.25) is 0 Å². The minimum atomic E-state index is 0.448. The largest absolute Gasteiger partial charge is 0.383 e. The monoisotopic (exact) mass is 380 g/mol. The van der Waals surface area contributed by atoms with E-state index in [1.165, 1.54) is 17.5 Å². The zero-order valence-electron chi connectivity index (χ0n) is 16.3. The van der Waals surface area contributed by atoms with E-state index in [1.54, 1.807) is 0 Å². The first kappa shape index (κ1) is 17.3. The molecular formula is C23H20N6. The minimum Gasteiger partial charge on any atom is -0.383 e. The van der Waals surface area contributed by atoms with Gasteiger partial charge in [-0.3, -0.25) is 4.98 Å². The second kappa shape index (κ2) is 6.67. The van der Waals surface area contributed by atoms with Crippen LogP contribution in [0, 0.1) is 13.8 Å². The van der Waals surface area contributed by atoms with Crippen molar-refractivity contribution in [3.8, 4) is 11.1 Å². The Morgan fingerprint density at radius 1 is 0.931 bits per heavy atom. The van der Waals surface area contributed by atoms with Crippen LogP contribution in [0.5, 0.6) is 0 Å². The van der Waals surface area contributed by atoms with Gasteiger partial charge in [0, 0.05) is 10.9 Å². The van der Waals surface area contributed by atoms with Gasteiger partial charge in [-0.05, 0) is 37.1 Å². The molecule has 6 heteroatoms. The van der Waals surface area contributed by atoms with Crippen LogP contribution in [0.15, 0.2) is 60.9 Å². The lowest BCUT2D eigenvalue weighted by Gasteiger charge is -2.13. The molecule has 2 N–H and O–H groups in total. The van der Waals surface area contributed by atoms with E-state index >= 15 is 0 Å². The molecule has 29 heavy (non-hydrogen) atoms.